The summed E-state index contributed by atoms with van der Waals surface area (Å²) in [4.78, 5) is 22.9. The maximum absolute atomic E-state index is 12.4. The molecule has 3 atom stereocenters. The topological polar surface area (TPSA) is 75.6 Å². The second-order valence-electron chi connectivity index (χ2n) is 8.10. The van der Waals surface area contributed by atoms with Gasteiger partial charge in [0.15, 0.2) is 5.78 Å². The summed E-state index contributed by atoms with van der Waals surface area (Å²) >= 11 is 0. The van der Waals surface area contributed by atoms with Crippen LogP contribution in [0.2, 0.25) is 0 Å². The van der Waals surface area contributed by atoms with E-state index < -0.39 is 0 Å². The number of rotatable bonds is 5. The highest BCUT2D eigenvalue weighted by atomic mass is 16.5. The molecule has 0 amide bonds. The van der Waals surface area contributed by atoms with E-state index in [4.69, 9.17) is 4.74 Å². The fourth-order valence-electron chi connectivity index (χ4n) is 4.78. The fraction of sp³-hybridized carbons (Fsp3) is 0.348. The molecule has 1 N–H and O–H groups in total. The van der Waals surface area contributed by atoms with Crippen LogP contribution in [0.1, 0.15) is 23.3 Å². The van der Waals surface area contributed by atoms with Gasteiger partial charge >= 0.3 is 0 Å². The number of hydrogen-bond acceptors (Lipinski definition) is 6. The van der Waals surface area contributed by atoms with Crippen molar-refractivity contribution in [1.82, 2.24) is 14.9 Å². The van der Waals surface area contributed by atoms with E-state index in [9.17, 15) is 9.90 Å². The molecule has 2 aromatic heterocycles. The molecule has 0 radical (unpaired) electrons. The molecule has 29 heavy (non-hydrogen) atoms. The van der Waals surface area contributed by atoms with E-state index in [0.717, 1.165) is 42.5 Å². The number of carbonyl (C=O) groups excluding carboxylic acids is 1. The van der Waals surface area contributed by atoms with Gasteiger partial charge in [-0.15, -0.1) is 0 Å². The predicted octanol–water partition coefficient (Wildman–Crippen LogP) is 3.31. The number of carbonyl (C=O) groups is 1. The number of aromatic hydroxyl groups is 1. The average molecular weight is 389 g/mol. The molecule has 3 aromatic rings. The number of pyridine rings is 2. The third-order valence-electron chi connectivity index (χ3n) is 6.12. The summed E-state index contributed by atoms with van der Waals surface area (Å²) in [5.41, 5.74) is 0.409. The van der Waals surface area contributed by atoms with Gasteiger partial charge in [0.1, 0.15) is 17.2 Å². The summed E-state index contributed by atoms with van der Waals surface area (Å²) in [6, 6.07) is 11.2. The third-order valence-corrected chi connectivity index (χ3v) is 6.12. The van der Waals surface area contributed by atoms with Gasteiger partial charge in [-0.05, 0) is 48.9 Å². The fourth-order valence-corrected chi connectivity index (χ4v) is 4.78. The van der Waals surface area contributed by atoms with Crippen LogP contribution < -0.4 is 4.74 Å². The van der Waals surface area contributed by atoms with Gasteiger partial charge in [-0.2, -0.15) is 0 Å². The first-order valence-electron chi connectivity index (χ1n) is 10.1. The van der Waals surface area contributed by atoms with Crippen molar-refractivity contribution in [2.45, 2.75) is 18.9 Å². The lowest BCUT2D eigenvalue weighted by Crippen LogP contribution is -2.30. The van der Waals surface area contributed by atoms with E-state index in [1.807, 2.05) is 24.4 Å². The lowest BCUT2D eigenvalue weighted by atomic mass is 10.0. The second kappa shape index (κ2) is 7.44. The summed E-state index contributed by atoms with van der Waals surface area (Å²) in [6.07, 6.45) is 7.25. The Hall–Kier alpha value is -2.99. The standard InChI is InChI=1S/C23H23N3O3/c27-18-4-5-21(25-11-18)22(28)14-26-12-16-8-19(9-17(16)13-26)29-23-3-1-2-15-10-24-7-6-20(15)23/h1-7,10-11,16-17,19,27H,8-9,12-14H2/t16-,17+,19?. The van der Waals surface area contributed by atoms with Crippen molar-refractivity contribution >= 4 is 16.6 Å². The largest absolute Gasteiger partial charge is 0.506 e. The van der Waals surface area contributed by atoms with Crippen LogP contribution in [0.4, 0.5) is 0 Å². The number of fused-ring (bicyclic) bond motifs is 2. The smallest absolute Gasteiger partial charge is 0.195 e. The molecule has 148 valence electrons. The molecule has 1 aromatic carbocycles. The maximum Gasteiger partial charge on any atom is 0.195 e. The number of ketones is 1. The maximum atomic E-state index is 12.4. The highest BCUT2D eigenvalue weighted by Gasteiger charge is 2.42. The van der Waals surface area contributed by atoms with Crippen LogP contribution in [-0.4, -0.2) is 51.5 Å². The van der Waals surface area contributed by atoms with Crippen molar-refractivity contribution in [3.63, 3.8) is 0 Å². The highest BCUT2D eigenvalue weighted by Crippen LogP contribution is 2.40. The molecule has 1 saturated heterocycles. The Balaban J connectivity index is 1.19. The van der Waals surface area contributed by atoms with Gasteiger partial charge in [0.05, 0.1) is 18.8 Å². The summed E-state index contributed by atoms with van der Waals surface area (Å²) < 4.78 is 6.37. The Bertz CT molecular complexity index is 1020. The predicted molar refractivity (Wildman–Crippen MR) is 109 cm³/mol. The van der Waals surface area contributed by atoms with Crippen molar-refractivity contribution in [2.75, 3.05) is 19.6 Å². The monoisotopic (exact) mass is 389 g/mol. The molecule has 1 unspecified atom stereocenters. The first-order valence-corrected chi connectivity index (χ1v) is 10.1. The van der Waals surface area contributed by atoms with E-state index in [1.54, 1.807) is 12.3 Å². The lowest BCUT2D eigenvalue weighted by Gasteiger charge is -2.20. The van der Waals surface area contributed by atoms with Crippen molar-refractivity contribution in [3.05, 3.63) is 60.7 Å². The minimum Gasteiger partial charge on any atom is -0.506 e. The van der Waals surface area contributed by atoms with Crippen molar-refractivity contribution < 1.29 is 14.6 Å². The first kappa shape index (κ1) is 18.1. The van der Waals surface area contributed by atoms with Crippen LogP contribution in [0.5, 0.6) is 11.5 Å². The van der Waals surface area contributed by atoms with Gasteiger partial charge in [0.25, 0.3) is 0 Å². The number of ether oxygens (including phenoxy) is 1. The summed E-state index contributed by atoms with van der Waals surface area (Å²) in [5.74, 6) is 2.14. The van der Waals surface area contributed by atoms with Gasteiger partial charge in [-0.1, -0.05) is 12.1 Å². The molecule has 6 heteroatoms. The van der Waals surface area contributed by atoms with Gasteiger partial charge in [-0.25, -0.2) is 4.98 Å². The highest BCUT2D eigenvalue weighted by molar-refractivity contribution is 5.95. The van der Waals surface area contributed by atoms with Gasteiger partial charge in [0.2, 0.25) is 0 Å². The zero-order valence-electron chi connectivity index (χ0n) is 16.1. The summed E-state index contributed by atoms with van der Waals surface area (Å²) in [5, 5.41) is 11.5. The molecule has 2 aliphatic rings. The molecule has 3 heterocycles. The average Bonchev–Trinajstić information content (AvgIpc) is 3.26. The van der Waals surface area contributed by atoms with Crippen LogP contribution in [0.25, 0.3) is 10.8 Å². The first-order chi connectivity index (χ1) is 14.2. The number of benzene rings is 1. The van der Waals surface area contributed by atoms with Gasteiger partial charge < -0.3 is 9.84 Å². The Morgan fingerprint density at radius 2 is 1.93 bits per heavy atom. The molecule has 2 fully saturated rings. The molecule has 5 rings (SSSR count). The van der Waals surface area contributed by atoms with E-state index in [2.05, 4.69) is 20.9 Å². The van der Waals surface area contributed by atoms with Crippen LogP contribution >= 0.6 is 0 Å². The summed E-state index contributed by atoms with van der Waals surface area (Å²) in [7, 11) is 0. The van der Waals surface area contributed by atoms with Crippen molar-refractivity contribution in [3.8, 4) is 11.5 Å². The lowest BCUT2D eigenvalue weighted by molar-refractivity contribution is 0.0932. The number of likely N-dealkylation sites (tertiary alicyclic amines) is 1. The quantitative estimate of drug-likeness (QED) is 0.675. The minimum absolute atomic E-state index is 0.00198. The Morgan fingerprint density at radius 1 is 1.10 bits per heavy atom. The molecule has 1 saturated carbocycles. The molecule has 6 nitrogen and oxygen atoms in total. The Labute approximate surface area is 169 Å². The van der Waals surface area contributed by atoms with Crippen LogP contribution in [0, 0.1) is 11.8 Å². The van der Waals surface area contributed by atoms with E-state index in [1.165, 1.54) is 12.3 Å². The van der Waals surface area contributed by atoms with Crippen LogP contribution in [0.3, 0.4) is 0 Å². The Kier molecular flexibility index (Phi) is 4.64. The van der Waals surface area contributed by atoms with E-state index in [-0.39, 0.29) is 17.6 Å². The third kappa shape index (κ3) is 3.68. The van der Waals surface area contributed by atoms with Crippen molar-refractivity contribution in [1.29, 1.82) is 0 Å². The van der Waals surface area contributed by atoms with E-state index >= 15 is 0 Å². The molecule has 1 aliphatic heterocycles. The number of aromatic nitrogens is 2. The zero-order chi connectivity index (χ0) is 19.8. The summed E-state index contributed by atoms with van der Waals surface area (Å²) in [6.45, 7) is 2.23. The van der Waals surface area contributed by atoms with Crippen LogP contribution in [0.15, 0.2) is 55.0 Å². The molecule has 0 bridgehead atoms. The van der Waals surface area contributed by atoms with Crippen LogP contribution in [-0.2, 0) is 0 Å². The van der Waals surface area contributed by atoms with Gasteiger partial charge in [0, 0.05) is 36.3 Å². The molecule has 1 aliphatic carbocycles. The van der Waals surface area contributed by atoms with Gasteiger partial charge in [-0.3, -0.25) is 14.7 Å². The Morgan fingerprint density at radius 3 is 2.69 bits per heavy atom. The van der Waals surface area contributed by atoms with E-state index in [0.29, 0.717) is 24.1 Å². The molecular weight excluding hydrogens is 366 g/mol. The number of Topliss-reactive ketones (excluding diaryl/α,β-unsaturated/α-hetero) is 1. The minimum atomic E-state index is 0.00198. The molecule has 0 spiro atoms. The normalized spacial score (nSPS) is 23.9. The number of nitrogens with zero attached hydrogens (tertiary/aromatic N) is 3. The zero-order valence-corrected chi connectivity index (χ0v) is 16.1. The second-order valence-corrected chi connectivity index (χ2v) is 8.10. The molecular formula is C23H23N3O3. The van der Waals surface area contributed by atoms with Crippen molar-refractivity contribution in [2.24, 2.45) is 11.8 Å². The number of hydrogen-bond donors (Lipinski definition) is 1. The SMILES string of the molecule is O=C(CN1C[C@H]2CC(Oc3cccc4cnccc34)C[C@H]2C1)c1ccc(O)cn1.